The van der Waals surface area contributed by atoms with Gasteiger partial charge in [0, 0.05) is 0 Å². The monoisotopic (exact) mass is 274 g/mol. The summed E-state index contributed by atoms with van der Waals surface area (Å²) in [7, 11) is 0. The van der Waals surface area contributed by atoms with E-state index in [9.17, 15) is 0 Å². The van der Waals surface area contributed by atoms with Gasteiger partial charge in [-0.2, -0.15) is 0 Å². The topological polar surface area (TPSA) is 59.1 Å². The van der Waals surface area contributed by atoms with E-state index in [0.29, 0.717) is 22.1 Å². The van der Waals surface area contributed by atoms with Gasteiger partial charge in [-0.3, -0.25) is 5.41 Å². The minimum absolute atomic E-state index is 0.0289. The summed E-state index contributed by atoms with van der Waals surface area (Å²) in [5, 5.41) is 8.10. The lowest BCUT2D eigenvalue weighted by Crippen LogP contribution is -2.12. The molecule has 2 aromatic rings. The Morgan fingerprint density at radius 1 is 1.05 bits per heavy atom. The molecule has 2 aromatic carbocycles. The SMILES string of the molecule is Cc1ccc(Cl)c(Oc2cc(C)ccc2C(=N)N)c1. The van der Waals surface area contributed by atoms with Crippen molar-refractivity contribution >= 4 is 17.4 Å². The number of hydrogen-bond donors (Lipinski definition) is 2. The van der Waals surface area contributed by atoms with Crippen LogP contribution in [0.25, 0.3) is 0 Å². The Labute approximate surface area is 117 Å². The van der Waals surface area contributed by atoms with Gasteiger partial charge in [0.15, 0.2) is 0 Å². The standard InChI is InChI=1S/C15H15ClN2O/c1-9-3-5-11(15(17)18)13(7-9)19-14-8-10(2)4-6-12(14)16/h3-8H,1-2H3,(H3,17,18). The number of hydrogen-bond acceptors (Lipinski definition) is 2. The van der Waals surface area contributed by atoms with Crippen molar-refractivity contribution in [2.75, 3.05) is 0 Å². The summed E-state index contributed by atoms with van der Waals surface area (Å²) in [6, 6.07) is 11.1. The Hall–Kier alpha value is -2.00. The van der Waals surface area contributed by atoms with E-state index in [1.165, 1.54) is 0 Å². The maximum Gasteiger partial charge on any atom is 0.146 e. The Morgan fingerprint density at radius 2 is 1.63 bits per heavy atom. The van der Waals surface area contributed by atoms with Crippen LogP contribution in [0.3, 0.4) is 0 Å². The number of amidine groups is 1. The summed E-state index contributed by atoms with van der Waals surface area (Å²) in [5.74, 6) is 1.08. The number of aryl methyl sites for hydroxylation is 2. The van der Waals surface area contributed by atoms with Crippen molar-refractivity contribution in [3.8, 4) is 11.5 Å². The normalized spacial score (nSPS) is 10.3. The lowest BCUT2D eigenvalue weighted by atomic mass is 10.1. The number of nitrogen functional groups attached to an aromatic ring is 1. The Morgan fingerprint density at radius 3 is 2.26 bits per heavy atom. The molecule has 4 heteroatoms. The van der Waals surface area contributed by atoms with Gasteiger partial charge in [-0.05, 0) is 49.2 Å². The minimum Gasteiger partial charge on any atom is -0.455 e. The van der Waals surface area contributed by atoms with Crippen LogP contribution in [0, 0.1) is 19.3 Å². The quantitative estimate of drug-likeness (QED) is 0.656. The second-order valence-electron chi connectivity index (χ2n) is 4.45. The van der Waals surface area contributed by atoms with Crippen molar-refractivity contribution in [1.29, 1.82) is 5.41 Å². The molecule has 0 spiro atoms. The molecule has 0 atom stereocenters. The molecule has 0 saturated carbocycles. The van der Waals surface area contributed by atoms with Gasteiger partial charge in [-0.15, -0.1) is 0 Å². The van der Waals surface area contributed by atoms with Crippen LogP contribution in [-0.4, -0.2) is 5.84 Å². The van der Waals surface area contributed by atoms with E-state index in [1.54, 1.807) is 12.1 Å². The first kappa shape index (κ1) is 13.4. The number of halogens is 1. The Kier molecular flexibility index (Phi) is 3.76. The first-order valence-corrected chi connectivity index (χ1v) is 6.24. The van der Waals surface area contributed by atoms with Crippen LogP contribution in [-0.2, 0) is 0 Å². The third kappa shape index (κ3) is 3.06. The van der Waals surface area contributed by atoms with Crippen LogP contribution >= 0.6 is 11.6 Å². The smallest absolute Gasteiger partial charge is 0.146 e. The third-order valence-electron chi connectivity index (χ3n) is 2.73. The third-order valence-corrected chi connectivity index (χ3v) is 3.05. The molecule has 0 heterocycles. The van der Waals surface area contributed by atoms with Gasteiger partial charge in [0.25, 0.3) is 0 Å². The predicted octanol–water partition coefficient (Wildman–Crippen LogP) is 4.03. The molecule has 0 aliphatic rings. The van der Waals surface area contributed by atoms with Gasteiger partial charge in [-0.25, -0.2) is 0 Å². The molecule has 19 heavy (non-hydrogen) atoms. The maximum absolute atomic E-state index is 7.57. The number of benzene rings is 2. The summed E-state index contributed by atoms with van der Waals surface area (Å²) >= 11 is 6.11. The maximum atomic E-state index is 7.57. The zero-order valence-corrected chi connectivity index (χ0v) is 11.6. The number of nitrogens with one attached hydrogen (secondary N) is 1. The summed E-state index contributed by atoms with van der Waals surface area (Å²) in [6.07, 6.45) is 0. The van der Waals surface area contributed by atoms with E-state index in [2.05, 4.69) is 0 Å². The highest BCUT2D eigenvalue weighted by Crippen LogP contribution is 2.32. The molecule has 0 aliphatic heterocycles. The van der Waals surface area contributed by atoms with E-state index in [0.717, 1.165) is 11.1 Å². The molecule has 0 bridgehead atoms. The van der Waals surface area contributed by atoms with E-state index in [-0.39, 0.29) is 5.84 Å². The zero-order chi connectivity index (χ0) is 14.0. The van der Waals surface area contributed by atoms with Crippen LogP contribution in [0.2, 0.25) is 5.02 Å². The van der Waals surface area contributed by atoms with Crippen molar-refractivity contribution in [2.45, 2.75) is 13.8 Å². The van der Waals surface area contributed by atoms with Crippen molar-refractivity contribution < 1.29 is 4.74 Å². The van der Waals surface area contributed by atoms with Gasteiger partial charge < -0.3 is 10.5 Å². The van der Waals surface area contributed by atoms with E-state index >= 15 is 0 Å². The van der Waals surface area contributed by atoms with Crippen molar-refractivity contribution in [3.63, 3.8) is 0 Å². The highest BCUT2D eigenvalue weighted by Gasteiger charge is 2.10. The first-order valence-electron chi connectivity index (χ1n) is 5.86. The fourth-order valence-electron chi connectivity index (χ4n) is 1.74. The molecule has 98 valence electrons. The molecular weight excluding hydrogens is 260 g/mol. The van der Waals surface area contributed by atoms with Gasteiger partial charge in [0.1, 0.15) is 17.3 Å². The molecule has 0 aromatic heterocycles. The average Bonchev–Trinajstić information content (AvgIpc) is 2.33. The molecule has 2 rings (SSSR count). The number of ether oxygens (including phenoxy) is 1. The molecule has 0 saturated heterocycles. The van der Waals surface area contributed by atoms with Gasteiger partial charge in [0.2, 0.25) is 0 Å². The van der Waals surface area contributed by atoms with Crippen LogP contribution in [0.5, 0.6) is 11.5 Å². The molecule has 0 aliphatic carbocycles. The van der Waals surface area contributed by atoms with Gasteiger partial charge in [0.05, 0.1) is 10.6 Å². The fourth-order valence-corrected chi connectivity index (χ4v) is 1.90. The molecule has 0 radical (unpaired) electrons. The summed E-state index contributed by atoms with van der Waals surface area (Å²) < 4.78 is 5.81. The summed E-state index contributed by atoms with van der Waals surface area (Å²) in [4.78, 5) is 0. The van der Waals surface area contributed by atoms with Crippen LogP contribution in [0.4, 0.5) is 0 Å². The van der Waals surface area contributed by atoms with Crippen LogP contribution in [0.1, 0.15) is 16.7 Å². The molecule has 3 nitrogen and oxygen atoms in total. The van der Waals surface area contributed by atoms with E-state index in [1.807, 2.05) is 38.1 Å². The Bertz CT molecular complexity index is 638. The summed E-state index contributed by atoms with van der Waals surface area (Å²) in [5.41, 5.74) is 8.20. The second kappa shape index (κ2) is 5.33. The minimum atomic E-state index is -0.0289. The van der Waals surface area contributed by atoms with Gasteiger partial charge in [-0.1, -0.05) is 23.7 Å². The highest BCUT2D eigenvalue weighted by molar-refractivity contribution is 6.32. The molecule has 0 amide bonds. The first-order chi connectivity index (χ1) is 8.97. The van der Waals surface area contributed by atoms with Crippen molar-refractivity contribution in [3.05, 3.63) is 58.1 Å². The lowest BCUT2D eigenvalue weighted by molar-refractivity contribution is 0.481. The molecule has 0 fully saturated rings. The van der Waals surface area contributed by atoms with Gasteiger partial charge >= 0.3 is 0 Å². The zero-order valence-electron chi connectivity index (χ0n) is 10.8. The fraction of sp³-hybridized carbons (Fsp3) is 0.133. The highest BCUT2D eigenvalue weighted by atomic mass is 35.5. The van der Waals surface area contributed by atoms with Crippen molar-refractivity contribution in [1.82, 2.24) is 0 Å². The van der Waals surface area contributed by atoms with E-state index in [4.69, 9.17) is 27.5 Å². The predicted molar refractivity (Wildman–Crippen MR) is 78.5 cm³/mol. The largest absolute Gasteiger partial charge is 0.455 e. The Balaban J connectivity index is 2.45. The molecule has 0 unspecified atom stereocenters. The second-order valence-corrected chi connectivity index (χ2v) is 4.86. The summed E-state index contributed by atoms with van der Waals surface area (Å²) in [6.45, 7) is 3.92. The number of nitrogens with two attached hydrogens (primary N) is 1. The molecule has 3 N–H and O–H groups in total. The lowest BCUT2D eigenvalue weighted by Gasteiger charge is -2.12. The number of rotatable bonds is 3. The molecular formula is C15H15ClN2O. The van der Waals surface area contributed by atoms with E-state index < -0.39 is 0 Å². The van der Waals surface area contributed by atoms with Crippen LogP contribution in [0.15, 0.2) is 36.4 Å². The average molecular weight is 275 g/mol. The van der Waals surface area contributed by atoms with Crippen LogP contribution < -0.4 is 10.5 Å². The van der Waals surface area contributed by atoms with Crippen molar-refractivity contribution in [2.24, 2.45) is 5.73 Å².